The zero-order valence-corrected chi connectivity index (χ0v) is 18.5. The maximum Gasteiger partial charge on any atom is 0.416 e. The van der Waals surface area contributed by atoms with Gasteiger partial charge in [-0.15, -0.1) is 0 Å². The molecular weight excluding hydrogens is 504 g/mol. The van der Waals surface area contributed by atoms with Crippen LogP contribution in [0.1, 0.15) is 16.7 Å². The van der Waals surface area contributed by atoms with E-state index in [2.05, 4.69) is 10.3 Å². The normalized spacial score (nSPS) is 18.7. The summed E-state index contributed by atoms with van der Waals surface area (Å²) in [5, 5.41) is 11.7. The Hall–Kier alpha value is -3.10. The van der Waals surface area contributed by atoms with E-state index in [9.17, 15) is 34.8 Å². The fourth-order valence-electron chi connectivity index (χ4n) is 3.27. The summed E-state index contributed by atoms with van der Waals surface area (Å²) in [6, 6.07) is 7.38. The van der Waals surface area contributed by atoms with Gasteiger partial charge in [0, 0.05) is 12.6 Å². The van der Waals surface area contributed by atoms with Crippen LogP contribution in [-0.4, -0.2) is 38.4 Å². The molecule has 3 rings (SSSR count). The molecule has 1 aliphatic rings. The van der Waals surface area contributed by atoms with Crippen molar-refractivity contribution in [3.63, 3.8) is 0 Å². The molecule has 1 aliphatic heterocycles. The fourth-order valence-corrected chi connectivity index (χ4v) is 4.24. The third-order valence-electron chi connectivity index (χ3n) is 4.83. The molecule has 1 atom stereocenters. The molecule has 35 heavy (non-hydrogen) atoms. The van der Waals surface area contributed by atoms with Crippen LogP contribution in [0.4, 0.5) is 26.3 Å². The highest BCUT2D eigenvalue weighted by Crippen LogP contribution is 2.34. The van der Waals surface area contributed by atoms with Gasteiger partial charge in [-0.1, -0.05) is 18.2 Å². The van der Waals surface area contributed by atoms with Gasteiger partial charge in [-0.05, 0) is 42.0 Å². The van der Waals surface area contributed by atoms with Crippen molar-refractivity contribution in [2.45, 2.75) is 29.4 Å². The van der Waals surface area contributed by atoms with Crippen molar-refractivity contribution in [2.75, 3.05) is 13.2 Å². The average Bonchev–Trinajstić information content (AvgIpc) is 2.77. The molecule has 0 saturated heterocycles. The van der Waals surface area contributed by atoms with Gasteiger partial charge in [-0.25, -0.2) is 18.1 Å². The van der Waals surface area contributed by atoms with Gasteiger partial charge in [0.05, 0.1) is 29.2 Å². The second-order valence-electron chi connectivity index (χ2n) is 7.34. The minimum atomic E-state index is -4.67. The number of rotatable bonds is 7. The predicted molar refractivity (Wildman–Crippen MR) is 112 cm³/mol. The lowest BCUT2D eigenvalue weighted by molar-refractivity contribution is -0.139. The molecule has 14 heteroatoms. The Bertz CT molecular complexity index is 1210. The highest BCUT2D eigenvalue weighted by molar-refractivity contribution is 7.90. The number of nitrogens with zero attached hydrogens (tertiary/aromatic N) is 1. The summed E-state index contributed by atoms with van der Waals surface area (Å²) >= 11 is 0. The summed E-state index contributed by atoms with van der Waals surface area (Å²) in [7, 11) is -4.43. The third kappa shape index (κ3) is 6.52. The van der Waals surface area contributed by atoms with Crippen molar-refractivity contribution in [3.8, 4) is 0 Å². The summed E-state index contributed by atoms with van der Waals surface area (Å²) in [5.74, 6) is -0.449. The van der Waals surface area contributed by atoms with Crippen LogP contribution < -0.4 is 10.0 Å². The number of sulfonamides is 1. The molecular formula is C21H19F6N3O4S. The molecule has 0 bridgehead atoms. The third-order valence-corrected chi connectivity index (χ3v) is 6.18. The number of ether oxygens (including phenoxy) is 1. The first kappa shape index (κ1) is 26.5. The van der Waals surface area contributed by atoms with E-state index in [0.29, 0.717) is 12.1 Å². The first-order valence-electron chi connectivity index (χ1n) is 9.89. The van der Waals surface area contributed by atoms with Gasteiger partial charge >= 0.3 is 12.4 Å². The maximum atomic E-state index is 13.5. The molecule has 0 radical (unpaired) electrons. The van der Waals surface area contributed by atoms with Crippen LogP contribution in [0.3, 0.4) is 0 Å². The molecule has 1 unspecified atom stereocenters. The molecule has 0 amide bonds. The van der Waals surface area contributed by atoms with Crippen LogP contribution in [-0.2, 0) is 33.5 Å². The minimum absolute atomic E-state index is 0.179. The smallest absolute Gasteiger partial charge is 0.394 e. The van der Waals surface area contributed by atoms with E-state index in [1.54, 1.807) is 0 Å². The number of halogens is 6. The molecule has 2 aromatic carbocycles. The van der Waals surface area contributed by atoms with Crippen LogP contribution in [0.25, 0.3) is 0 Å². The van der Waals surface area contributed by atoms with Crippen LogP contribution >= 0.6 is 0 Å². The summed E-state index contributed by atoms with van der Waals surface area (Å²) in [6.07, 6.45) is -7.42. The maximum absolute atomic E-state index is 13.5. The van der Waals surface area contributed by atoms with Gasteiger partial charge in [0.2, 0.25) is 5.96 Å². The Morgan fingerprint density at radius 2 is 1.66 bits per heavy atom. The van der Waals surface area contributed by atoms with E-state index in [-0.39, 0.29) is 12.2 Å². The quantitative estimate of drug-likeness (QED) is 0.483. The summed E-state index contributed by atoms with van der Waals surface area (Å²) in [6.45, 7) is -0.799. The lowest BCUT2D eigenvalue weighted by Crippen LogP contribution is -2.57. The first-order chi connectivity index (χ1) is 16.3. The Labute approximate surface area is 196 Å². The molecule has 0 saturated carbocycles. The largest absolute Gasteiger partial charge is 0.416 e. The second kappa shape index (κ2) is 9.87. The van der Waals surface area contributed by atoms with Crippen LogP contribution in [0.5, 0.6) is 0 Å². The topological polar surface area (TPSA) is 100 Å². The zero-order chi connectivity index (χ0) is 25.9. The molecule has 0 aliphatic carbocycles. The van der Waals surface area contributed by atoms with Crippen molar-refractivity contribution < 1.29 is 44.6 Å². The molecule has 0 fully saturated rings. The van der Waals surface area contributed by atoms with Gasteiger partial charge in [0.15, 0.2) is 5.72 Å². The van der Waals surface area contributed by atoms with Gasteiger partial charge in [0.1, 0.15) is 0 Å². The number of nitrogens with one attached hydrogen (secondary N) is 2. The van der Waals surface area contributed by atoms with Crippen molar-refractivity contribution >= 4 is 16.0 Å². The van der Waals surface area contributed by atoms with E-state index < -0.39 is 63.1 Å². The molecule has 0 spiro atoms. The van der Waals surface area contributed by atoms with Crippen molar-refractivity contribution in [1.82, 2.24) is 10.0 Å². The van der Waals surface area contributed by atoms with E-state index in [4.69, 9.17) is 9.84 Å². The fraction of sp³-hybridized carbons (Fsp3) is 0.286. The summed E-state index contributed by atoms with van der Waals surface area (Å²) < 4.78 is 112. The van der Waals surface area contributed by atoms with Crippen molar-refractivity contribution in [1.29, 1.82) is 0 Å². The molecule has 7 nitrogen and oxygen atoms in total. The average molecular weight is 523 g/mol. The standard InChI is InChI=1S/C21H19F6N3O4S/c22-20(23,24)15-5-7-16(8-6-15)35(32,33)30-18-28-10-9-19(29-18,34-12-11-31)13-14-3-1-2-4-17(14)21(25,26)27/h1-10,31H,11-13H2,(H2,28,29,30). The van der Waals surface area contributed by atoms with Crippen LogP contribution in [0, 0.1) is 0 Å². The van der Waals surface area contributed by atoms with Crippen molar-refractivity contribution in [2.24, 2.45) is 4.99 Å². The zero-order valence-electron chi connectivity index (χ0n) is 17.7. The van der Waals surface area contributed by atoms with Gasteiger partial charge in [0.25, 0.3) is 10.0 Å². The Morgan fingerprint density at radius 1 is 1.00 bits per heavy atom. The van der Waals surface area contributed by atoms with Gasteiger partial charge in [-0.3, -0.25) is 0 Å². The monoisotopic (exact) mass is 523 g/mol. The number of hydrogen-bond donors (Lipinski definition) is 3. The molecule has 0 aromatic heterocycles. The number of hydrogen-bond acceptors (Lipinski definition) is 6. The van der Waals surface area contributed by atoms with E-state index >= 15 is 0 Å². The SMILES string of the molecule is O=S(=O)(NC1=NC=CC(Cc2ccccc2C(F)(F)F)(OCCO)N1)c1ccc(C(F)(F)F)cc1. The lowest BCUT2D eigenvalue weighted by Gasteiger charge is -2.35. The highest BCUT2D eigenvalue weighted by atomic mass is 32.2. The van der Waals surface area contributed by atoms with Gasteiger partial charge < -0.3 is 15.2 Å². The van der Waals surface area contributed by atoms with E-state index in [1.807, 2.05) is 4.72 Å². The summed E-state index contributed by atoms with van der Waals surface area (Å²) in [4.78, 5) is 3.30. The minimum Gasteiger partial charge on any atom is -0.394 e. The Kier molecular flexibility index (Phi) is 7.48. The highest BCUT2D eigenvalue weighted by Gasteiger charge is 2.38. The number of aliphatic hydroxyl groups excluding tert-OH is 1. The Morgan fingerprint density at radius 3 is 2.26 bits per heavy atom. The number of alkyl halides is 6. The lowest BCUT2D eigenvalue weighted by atomic mass is 9.96. The molecule has 2 aromatic rings. The van der Waals surface area contributed by atoms with Crippen LogP contribution in [0.2, 0.25) is 0 Å². The molecule has 190 valence electrons. The predicted octanol–water partition coefficient (Wildman–Crippen LogP) is 3.42. The first-order valence-corrected chi connectivity index (χ1v) is 11.4. The summed E-state index contributed by atoms with van der Waals surface area (Å²) in [5.41, 5.74) is -3.89. The van der Waals surface area contributed by atoms with E-state index in [0.717, 1.165) is 24.4 Å². The number of aliphatic imine (C=N–C) groups is 1. The van der Waals surface area contributed by atoms with Crippen LogP contribution in [0.15, 0.2) is 70.7 Å². The number of benzene rings is 2. The number of guanidine groups is 1. The van der Waals surface area contributed by atoms with Gasteiger partial charge in [-0.2, -0.15) is 26.3 Å². The Balaban J connectivity index is 1.86. The molecule has 1 heterocycles. The molecule has 3 N–H and O–H groups in total. The van der Waals surface area contributed by atoms with E-state index in [1.165, 1.54) is 24.3 Å². The second-order valence-corrected chi connectivity index (χ2v) is 9.02. The number of aliphatic hydroxyl groups is 1. The van der Waals surface area contributed by atoms with Crippen molar-refractivity contribution in [3.05, 3.63) is 77.5 Å².